The van der Waals surface area contributed by atoms with Crippen molar-refractivity contribution in [2.24, 2.45) is 0 Å². The zero-order valence-corrected chi connectivity index (χ0v) is 10.8. The number of benzene rings is 1. The SMILES string of the molecule is ClCc1nc2cccc(Cl)c2n1Cc1ccon1. The topological polar surface area (TPSA) is 43.9 Å². The van der Waals surface area contributed by atoms with E-state index in [1.54, 1.807) is 6.07 Å². The van der Waals surface area contributed by atoms with Crippen molar-refractivity contribution in [1.29, 1.82) is 0 Å². The summed E-state index contributed by atoms with van der Waals surface area (Å²) < 4.78 is 6.79. The van der Waals surface area contributed by atoms with Gasteiger partial charge in [0.25, 0.3) is 0 Å². The Kier molecular flexibility index (Phi) is 2.97. The van der Waals surface area contributed by atoms with E-state index < -0.39 is 0 Å². The summed E-state index contributed by atoms with van der Waals surface area (Å²) in [4.78, 5) is 4.46. The van der Waals surface area contributed by atoms with Crippen molar-refractivity contribution in [2.45, 2.75) is 12.4 Å². The number of fused-ring (bicyclic) bond motifs is 1. The average Bonchev–Trinajstić information content (AvgIpc) is 2.98. The molecule has 0 saturated heterocycles. The van der Waals surface area contributed by atoms with Gasteiger partial charge in [-0.3, -0.25) is 0 Å². The lowest BCUT2D eigenvalue weighted by Crippen LogP contribution is -2.04. The molecular weight excluding hydrogens is 273 g/mol. The second-order valence-electron chi connectivity index (χ2n) is 3.85. The van der Waals surface area contributed by atoms with Crippen LogP contribution in [0.5, 0.6) is 0 Å². The highest BCUT2D eigenvalue weighted by Crippen LogP contribution is 2.26. The molecule has 6 heteroatoms. The number of aromatic nitrogens is 3. The largest absolute Gasteiger partial charge is 0.364 e. The zero-order chi connectivity index (χ0) is 12.5. The Morgan fingerprint density at radius 1 is 1.28 bits per heavy atom. The van der Waals surface area contributed by atoms with E-state index in [2.05, 4.69) is 10.1 Å². The van der Waals surface area contributed by atoms with Crippen molar-refractivity contribution in [3.63, 3.8) is 0 Å². The third kappa shape index (κ3) is 1.87. The van der Waals surface area contributed by atoms with Crippen LogP contribution >= 0.6 is 23.2 Å². The first-order valence-corrected chi connectivity index (χ1v) is 6.29. The summed E-state index contributed by atoms with van der Waals surface area (Å²) in [5.41, 5.74) is 2.51. The van der Waals surface area contributed by atoms with Crippen molar-refractivity contribution < 1.29 is 4.52 Å². The van der Waals surface area contributed by atoms with Gasteiger partial charge >= 0.3 is 0 Å². The van der Waals surface area contributed by atoms with E-state index in [-0.39, 0.29) is 0 Å². The normalized spacial score (nSPS) is 11.2. The lowest BCUT2D eigenvalue weighted by Gasteiger charge is -2.05. The number of nitrogens with zero attached hydrogens (tertiary/aromatic N) is 3. The van der Waals surface area contributed by atoms with Gasteiger partial charge < -0.3 is 9.09 Å². The molecule has 0 N–H and O–H groups in total. The number of halogens is 2. The van der Waals surface area contributed by atoms with Crippen LogP contribution in [-0.2, 0) is 12.4 Å². The van der Waals surface area contributed by atoms with E-state index in [1.807, 2.05) is 22.8 Å². The maximum absolute atomic E-state index is 6.22. The number of imidazole rings is 1. The molecule has 0 aliphatic rings. The van der Waals surface area contributed by atoms with Crippen LogP contribution in [-0.4, -0.2) is 14.7 Å². The number of hydrogen-bond donors (Lipinski definition) is 0. The van der Waals surface area contributed by atoms with Gasteiger partial charge in [-0.25, -0.2) is 4.98 Å². The minimum absolute atomic E-state index is 0.322. The van der Waals surface area contributed by atoms with Crippen LogP contribution in [0.1, 0.15) is 11.5 Å². The number of hydrogen-bond acceptors (Lipinski definition) is 3. The van der Waals surface area contributed by atoms with E-state index in [0.717, 1.165) is 22.6 Å². The van der Waals surface area contributed by atoms with Crippen molar-refractivity contribution >= 4 is 34.2 Å². The van der Waals surface area contributed by atoms with Crippen molar-refractivity contribution in [2.75, 3.05) is 0 Å². The van der Waals surface area contributed by atoms with Crippen LogP contribution in [0.4, 0.5) is 0 Å². The van der Waals surface area contributed by atoms with Gasteiger partial charge in [-0.2, -0.15) is 0 Å². The van der Waals surface area contributed by atoms with Gasteiger partial charge in [0, 0.05) is 6.07 Å². The highest BCUT2D eigenvalue weighted by molar-refractivity contribution is 6.35. The minimum Gasteiger partial charge on any atom is -0.364 e. The standard InChI is InChI=1S/C12H9Cl2N3O/c13-6-11-15-10-3-1-2-9(14)12(10)17(11)7-8-4-5-18-16-8/h1-5H,6-7H2. The van der Waals surface area contributed by atoms with E-state index >= 15 is 0 Å². The van der Waals surface area contributed by atoms with E-state index in [0.29, 0.717) is 17.4 Å². The van der Waals surface area contributed by atoms with Crippen LogP contribution in [0.15, 0.2) is 35.1 Å². The summed E-state index contributed by atoms with van der Waals surface area (Å²) in [6, 6.07) is 7.43. The molecule has 4 nitrogen and oxygen atoms in total. The van der Waals surface area contributed by atoms with E-state index in [9.17, 15) is 0 Å². The molecule has 0 aliphatic heterocycles. The Labute approximate surface area is 113 Å². The predicted molar refractivity (Wildman–Crippen MR) is 69.9 cm³/mol. The first-order valence-electron chi connectivity index (χ1n) is 5.38. The van der Waals surface area contributed by atoms with Gasteiger partial charge in [0.2, 0.25) is 0 Å². The molecule has 0 amide bonds. The zero-order valence-electron chi connectivity index (χ0n) is 9.31. The summed E-state index contributed by atoms with van der Waals surface area (Å²) >= 11 is 12.2. The Morgan fingerprint density at radius 3 is 2.89 bits per heavy atom. The molecule has 3 aromatic rings. The van der Waals surface area contributed by atoms with E-state index in [4.69, 9.17) is 27.7 Å². The molecule has 0 unspecified atom stereocenters. The van der Waals surface area contributed by atoms with Crippen LogP contribution in [0.25, 0.3) is 11.0 Å². The first kappa shape index (κ1) is 11.6. The van der Waals surface area contributed by atoms with Gasteiger partial charge in [-0.1, -0.05) is 22.8 Å². The number of para-hydroxylation sites is 1. The first-order chi connectivity index (χ1) is 8.79. The molecule has 92 valence electrons. The monoisotopic (exact) mass is 281 g/mol. The van der Waals surface area contributed by atoms with Crippen LogP contribution in [0, 0.1) is 0 Å². The molecular formula is C12H9Cl2N3O. The van der Waals surface area contributed by atoms with Crippen molar-refractivity contribution in [1.82, 2.24) is 14.7 Å². The molecule has 0 fully saturated rings. The third-order valence-corrected chi connectivity index (χ3v) is 3.27. The lowest BCUT2D eigenvalue weighted by molar-refractivity contribution is 0.409. The summed E-state index contributed by atoms with van der Waals surface area (Å²) in [6.07, 6.45) is 1.54. The van der Waals surface area contributed by atoms with Crippen molar-refractivity contribution in [3.05, 3.63) is 47.1 Å². The quantitative estimate of drug-likeness (QED) is 0.691. The Hall–Kier alpha value is -1.52. The van der Waals surface area contributed by atoms with Gasteiger partial charge in [0.05, 0.1) is 28.5 Å². The fourth-order valence-electron chi connectivity index (χ4n) is 1.94. The molecule has 1 aromatic carbocycles. The average molecular weight is 282 g/mol. The Balaban J connectivity index is 2.19. The molecule has 2 heterocycles. The van der Waals surface area contributed by atoms with E-state index in [1.165, 1.54) is 6.26 Å². The molecule has 0 radical (unpaired) electrons. The Bertz CT molecular complexity index is 676. The summed E-state index contributed by atoms with van der Waals surface area (Å²) in [5.74, 6) is 1.09. The van der Waals surface area contributed by atoms with Gasteiger partial charge in [-0.15, -0.1) is 11.6 Å². The minimum atomic E-state index is 0.322. The lowest BCUT2D eigenvalue weighted by atomic mass is 10.3. The van der Waals surface area contributed by atoms with Crippen molar-refractivity contribution in [3.8, 4) is 0 Å². The molecule has 0 spiro atoms. The maximum atomic E-state index is 6.22. The Morgan fingerprint density at radius 2 is 2.17 bits per heavy atom. The highest BCUT2D eigenvalue weighted by Gasteiger charge is 2.13. The summed E-state index contributed by atoms with van der Waals surface area (Å²) in [5, 5.41) is 4.55. The summed E-state index contributed by atoms with van der Waals surface area (Å²) in [7, 11) is 0. The van der Waals surface area contributed by atoms with Crippen LogP contribution in [0.2, 0.25) is 5.02 Å². The van der Waals surface area contributed by atoms with Gasteiger partial charge in [0.1, 0.15) is 17.8 Å². The molecule has 2 aromatic heterocycles. The molecule has 3 rings (SSSR count). The molecule has 0 aliphatic carbocycles. The highest BCUT2D eigenvalue weighted by atomic mass is 35.5. The number of rotatable bonds is 3. The van der Waals surface area contributed by atoms with Gasteiger partial charge in [-0.05, 0) is 12.1 Å². The van der Waals surface area contributed by atoms with Crippen LogP contribution < -0.4 is 0 Å². The predicted octanol–water partition coefficient (Wildman–Crippen LogP) is 3.46. The molecule has 18 heavy (non-hydrogen) atoms. The maximum Gasteiger partial charge on any atom is 0.125 e. The third-order valence-electron chi connectivity index (χ3n) is 2.73. The smallest absolute Gasteiger partial charge is 0.125 e. The second kappa shape index (κ2) is 4.63. The summed E-state index contributed by atoms with van der Waals surface area (Å²) in [6.45, 7) is 0.540. The number of alkyl halides is 1. The molecule has 0 saturated carbocycles. The van der Waals surface area contributed by atoms with Gasteiger partial charge in [0.15, 0.2) is 0 Å². The molecule has 0 bridgehead atoms. The van der Waals surface area contributed by atoms with Crippen LogP contribution in [0.3, 0.4) is 0 Å². The molecule has 0 atom stereocenters. The second-order valence-corrected chi connectivity index (χ2v) is 4.52. The fourth-order valence-corrected chi connectivity index (χ4v) is 2.42. The fraction of sp³-hybridized carbons (Fsp3) is 0.167.